The van der Waals surface area contributed by atoms with Crippen LogP contribution in [0.1, 0.15) is 16.1 Å². The predicted molar refractivity (Wildman–Crippen MR) is 88.1 cm³/mol. The second kappa shape index (κ2) is 8.00. The van der Waals surface area contributed by atoms with Crippen molar-refractivity contribution in [2.24, 2.45) is 7.05 Å². The van der Waals surface area contributed by atoms with E-state index in [1.54, 1.807) is 17.7 Å². The van der Waals surface area contributed by atoms with Crippen molar-refractivity contribution in [2.75, 3.05) is 20.3 Å². The molecule has 0 aliphatic rings. The van der Waals surface area contributed by atoms with Gasteiger partial charge in [0.1, 0.15) is 18.1 Å². The molecular weight excluding hydrogens is 348 g/mol. The predicted octanol–water partition coefficient (Wildman–Crippen LogP) is 2.74. The van der Waals surface area contributed by atoms with Crippen molar-refractivity contribution >= 4 is 21.8 Å². The zero-order valence-corrected chi connectivity index (χ0v) is 14.2. The number of halogens is 1. The Morgan fingerprint density at radius 2 is 2.14 bits per heavy atom. The van der Waals surface area contributed by atoms with Crippen LogP contribution < -0.4 is 10.1 Å². The topological polar surface area (TPSA) is 52.5 Å². The third-order valence-corrected chi connectivity index (χ3v) is 3.55. The first-order valence-electron chi connectivity index (χ1n) is 6.91. The molecule has 0 bridgehead atoms. The number of methoxy groups -OCH3 is 1. The summed E-state index contributed by atoms with van der Waals surface area (Å²) in [7, 11) is 3.47. The molecule has 2 aromatic rings. The van der Waals surface area contributed by atoms with E-state index in [0.717, 1.165) is 15.8 Å². The Morgan fingerprint density at radius 3 is 2.82 bits per heavy atom. The largest absolute Gasteiger partial charge is 0.491 e. The maximum absolute atomic E-state index is 12.1. The van der Waals surface area contributed by atoms with Crippen LogP contribution in [0.5, 0.6) is 5.75 Å². The Morgan fingerprint density at radius 1 is 1.32 bits per heavy atom. The number of hydrogen-bond donors (Lipinski definition) is 1. The van der Waals surface area contributed by atoms with E-state index in [4.69, 9.17) is 9.47 Å². The molecule has 0 saturated carbocycles. The van der Waals surface area contributed by atoms with Crippen molar-refractivity contribution in [3.05, 3.63) is 52.3 Å². The second-order valence-corrected chi connectivity index (χ2v) is 5.74. The quantitative estimate of drug-likeness (QED) is 0.766. The Bertz CT molecular complexity index is 640. The van der Waals surface area contributed by atoms with Crippen LogP contribution in [0.4, 0.5) is 0 Å². The zero-order chi connectivity index (χ0) is 15.9. The van der Waals surface area contributed by atoms with Crippen molar-refractivity contribution in [3.63, 3.8) is 0 Å². The van der Waals surface area contributed by atoms with Gasteiger partial charge in [-0.2, -0.15) is 0 Å². The smallest absolute Gasteiger partial charge is 0.268 e. The highest BCUT2D eigenvalue weighted by atomic mass is 79.9. The van der Waals surface area contributed by atoms with Crippen molar-refractivity contribution < 1.29 is 14.3 Å². The van der Waals surface area contributed by atoms with Gasteiger partial charge in [-0.1, -0.05) is 12.1 Å². The molecule has 0 unspecified atom stereocenters. The second-order valence-electron chi connectivity index (χ2n) is 4.83. The van der Waals surface area contributed by atoms with Gasteiger partial charge in [0.25, 0.3) is 5.91 Å². The number of carbonyl (C=O) groups is 1. The average molecular weight is 367 g/mol. The van der Waals surface area contributed by atoms with E-state index < -0.39 is 0 Å². The number of nitrogens with one attached hydrogen (secondary N) is 1. The van der Waals surface area contributed by atoms with Crippen LogP contribution in [0.3, 0.4) is 0 Å². The fourth-order valence-electron chi connectivity index (χ4n) is 2.01. The summed E-state index contributed by atoms with van der Waals surface area (Å²) in [6.45, 7) is 1.50. The van der Waals surface area contributed by atoms with Gasteiger partial charge in [0.2, 0.25) is 0 Å². The molecule has 1 aromatic carbocycles. The minimum Gasteiger partial charge on any atom is -0.491 e. The number of ether oxygens (including phenoxy) is 2. The third-order valence-electron chi connectivity index (χ3n) is 3.11. The zero-order valence-electron chi connectivity index (χ0n) is 12.6. The number of hydrogen-bond acceptors (Lipinski definition) is 3. The highest BCUT2D eigenvalue weighted by Gasteiger charge is 2.10. The standard InChI is InChI=1S/C16H19BrN2O3/c1-19-11-13(17)9-15(19)16(20)18-10-12-4-3-5-14(8-12)22-7-6-21-2/h3-5,8-9,11H,6-7,10H2,1-2H3,(H,18,20). The van der Waals surface area contributed by atoms with Crippen LogP contribution in [0, 0.1) is 0 Å². The van der Waals surface area contributed by atoms with E-state index in [0.29, 0.717) is 25.5 Å². The molecule has 5 nitrogen and oxygen atoms in total. The van der Waals surface area contributed by atoms with E-state index in [1.807, 2.05) is 37.5 Å². The minimum atomic E-state index is -0.112. The number of aryl methyl sites for hydroxylation is 1. The molecular formula is C16H19BrN2O3. The number of amides is 1. The summed E-state index contributed by atoms with van der Waals surface area (Å²) in [5.41, 5.74) is 1.59. The van der Waals surface area contributed by atoms with E-state index >= 15 is 0 Å². The Balaban J connectivity index is 1.92. The number of benzene rings is 1. The third kappa shape index (κ3) is 4.61. The number of nitrogens with zero attached hydrogens (tertiary/aromatic N) is 1. The average Bonchev–Trinajstić information content (AvgIpc) is 2.84. The van der Waals surface area contributed by atoms with Gasteiger partial charge in [-0.3, -0.25) is 4.79 Å². The van der Waals surface area contributed by atoms with Crippen molar-refractivity contribution in [2.45, 2.75) is 6.54 Å². The highest BCUT2D eigenvalue weighted by molar-refractivity contribution is 9.10. The molecule has 1 amide bonds. The molecule has 1 heterocycles. The summed E-state index contributed by atoms with van der Waals surface area (Å²) >= 11 is 3.36. The summed E-state index contributed by atoms with van der Waals surface area (Å²) in [6, 6.07) is 9.44. The summed E-state index contributed by atoms with van der Waals surface area (Å²) in [5, 5.41) is 2.90. The lowest BCUT2D eigenvalue weighted by Crippen LogP contribution is -2.24. The Kier molecular flexibility index (Phi) is 6.03. The first-order chi connectivity index (χ1) is 10.6. The van der Waals surface area contributed by atoms with Crippen LogP contribution >= 0.6 is 15.9 Å². The van der Waals surface area contributed by atoms with E-state index in [9.17, 15) is 4.79 Å². The molecule has 2 rings (SSSR count). The lowest BCUT2D eigenvalue weighted by atomic mass is 10.2. The SMILES string of the molecule is COCCOc1cccc(CNC(=O)c2cc(Br)cn2C)c1. The van der Waals surface area contributed by atoms with Crippen molar-refractivity contribution in [1.29, 1.82) is 0 Å². The molecule has 1 N–H and O–H groups in total. The number of carbonyl (C=O) groups excluding carboxylic acids is 1. The summed E-state index contributed by atoms with van der Waals surface area (Å²) in [6.07, 6.45) is 1.85. The first-order valence-corrected chi connectivity index (χ1v) is 7.70. The van der Waals surface area contributed by atoms with E-state index in [2.05, 4.69) is 21.2 Å². The van der Waals surface area contributed by atoms with Crippen LogP contribution in [-0.2, 0) is 18.3 Å². The molecule has 6 heteroatoms. The molecule has 22 heavy (non-hydrogen) atoms. The molecule has 0 aliphatic carbocycles. The maximum Gasteiger partial charge on any atom is 0.268 e. The van der Waals surface area contributed by atoms with Gasteiger partial charge in [-0.15, -0.1) is 0 Å². The van der Waals surface area contributed by atoms with Gasteiger partial charge >= 0.3 is 0 Å². The van der Waals surface area contributed by atoms with Crippen LogP contribution in [0.2, 0.25) is 0 Å². The Labute approximate surface area is 138 Å². The van der Waals surface area contributed by atoms with Gasteiger partial charge < -0.3 is 19.4 Å². The fourth-order valence-corrected chi connectivity index (χ4v) is 2.53. The fraction of sp³-hybridized carbons (Fsp3) is 0.312. The molecule has 0 fully saturated rings. The van der Waals surface area contributed by atoms with Crippen LogP contribution in [0.25, 0.3) is 0 Å². The molecule has 0 radical (unpaired) electrons. The van der Waals surface area contributed by atoms with Gasteiger partial charge in [0.15, 0.2) is 0 Å². The number of rotatable bonds is 7. The van der Waals surface area contributed by atoms with Gasteiger partial charge in [-0.05, 0) is 39.7 Å². The van der Waals surface area contributed by atoms with Gasteiger partial charge in [0.05, 0.1) is 6.61 Å². The molecule has 118 valence electrons. The van der Waals surface area contributed by atoms with Crippen molar-refractivity contribution in [1.82, 2.24) is 9.88 Å². The normalized spacial score (nSPS) is 10.5. The highest BCUT2D eigenvalue weighted by Crippen LogP contribution is 2.15. The number of aromatic nitrogens is 1. The molecule has 0 atom stereocenters. The molecule has 0 spiro atoms. The summed E-state index contributed by atoms with van der Waals surface area (Å²) in [5.74, 6) is 0.657. The Hall–Kier alpha value is -1.79. The van der Waals surface area contributed by atoms with Crippen molar-refractivity contribution in [3.8, 4) is 5.75 Å². The van der Waals surface area contributed by atoms with Gasteiger partial charge in [-0.25, -0.2) is 0 Å². The van der Waals surface area contributed by atoms with E-state index in [1.165, 1.54) is 0 Å². The molecule has 1 aromatic heterocycles. The molecule has 0 aliphatic heterocycles. The van der Waals surface area contributed by atoms with Crippen LogP contribution in [-0.4, -0.2) is 30.8 Å². The van der Waals surface area contributed by atoms with Gasteiger partial charge in [0, 0.05) is 31.4 Å². The molecule has 0 saturated heterocycles. The van der Waals surface area contributed by atoms with Crippen LogP contribution in [0.15, 0.2) is 41.0 Å². The summed E-state index contributed by atoms with van der Waals surface area (Å²) < 4.78 is 13.2. The minimum absolute atomic E-state index is 0.112. The lowest BCUT2D eigenvalue weighted by molar-refractivity contribution is 0.0942. The summed E-state index contributed by atoms with van der Waals surface area (Å²) in [4.78, 5) is 12.1. The maximum atomic E-state index is 12.1. The monoisotopic (exact) mass is 366 g/mol. The van der Waals surface area contributed by atoms with E-state index in [-0.39, 0.29) is 5.91 Å². The first kappa shape index (κ1) is 16.6. The lowest BCUT2D eigenvalue weighted by Gasteiger charge is -2.09.